The van der Waals surface area contributed by atoms with E-state index in [-0.39, 0.29) is 17.9 Å². The van der Waals surface area contributed by atoms with E-state index in [0.717, 1.165) is 12.1 Å². The molecule has 0 radical (unpaired) electrons. The first-order valence-corrected chi connectivity index (χ1v) is 9.39. The quantitative estimate of drug-likeness (QED) is 0.509. The van der Waals surface area contributed by atoms with Crippen LogP contribution in [0.5, 0.6) is 0 Å². The van der Waals surface area contributed by atoms with Gasteiger partial charge in [-0.2, -0.15) is 13.2 Å². The molecule has 0 atom stereocenters. The number of carbonyl (C=O) groups excluding carboxylic acids is 3. The van der Waals surface area contributed by atoms with Crippen LogP contribution in [0.3, 0.4) is 0 Å². The highest BCUT2D eigenvalue weighted by molar-refractivity contribution is 6.31. The monoisotopic (exact) mass is 456 g/mol. The van der Waals surface area contributed by atoms with E-state index in [2.05, 4.69) is 21.3 Å². The van der Waals surface area contributed by atoms with Crippen molar-refractivity contribution >= 4 is 46.4 Å². The van der Waals surface area contributed by atoms with Crippen molar-refractivity contribution in [3.63, 3.8) is 0 Å². The number of hydrogen-bond acceptors (Lipinski definition) is 4. The maximum absolute atomic E-state index is 13.3. The minimum atomic E-state index is -4.71. The summed E-state index contributed by atoms with van der Waals surface area (Å²) in [6.45, 7) is 2.02. The summed E-state index contributed by atoms with van der Waals surface area (Å²) in [6.07, 6.45) is -4.71. The van der Waals surface area contributed by atoms with Gasteiger partial charge in [-0.1, -0.05) is 17.7 Å². The van der Waals surface area contributed by atoms with E-state index in [1.165, 1.54) is 13.0 Å². The number of anilines is 3. The SMILES string of the molecule is CC(=O)Nc1ccc(NCC(=O)NCC(=O)Nc2cccc(Cl)c2C)c(C(F)(F)F)c1. The lowest BCUT2D eigenvalue weighted by molar-refractivity contribution is -0.137. The zero-order valence-electron chi connectivity index (χ0n) is 16.6. The third-order valence-electron chi connectivity index (χ3n) is 4.07. The predicted octanol–water partition coefficient (Wildman–Crippen LogP) is 3.79. The fourth-order valence-electron chi connectivity index (χ4n) is 2.57. The molecule has 4 N–H and O–H groups in total. The summed E-state index contributed by atoms with van der Waals surface area (Å²) in [6, 6.07) is 8.11. The Bertz CT molecular complexity index is 996. The molecule has 0 unspecified atom stereocenters. The molecule has 166 valence electrons. The first-order chi connectivity index (χ1) is 14.5. The summed E-state index contributed by atoms with van der Waals surface area (Å²) in [7, 11) is 0. The Morgan fingerprint density at radius 1 is 0.968 bits per heavy atom. The average Bonchev–Trinajstić information content (AvgIpc) is 2.67. The Kier molecular flexibility index (Phi) is 7.87. The fourth-order valence-corrected chi connectivity index (χ4v) is 2.74. The molecule has 7 nitrogen and oxygen atoms in total. The second-order valence-electron chi connectivity index (χ2n) is 6.53. The second-order valence-corrected chi connectivity index (χ2v) is 6.94. The molecule has 31 heavy (non-hydrogen) atoms. The summed E-state index contributed by atoms with van der Waals surface area (Å²) >= 11 is 5.97. The Morgan fingerprint density at radius 2 is 1.68 bits per heavy atom. The normalized spacial score (nSPS) is 10.9. The number of alkyl halides is 3. The van der Waals surface area contributed by atoms with Crippen LogP contribution >= 0.6 is 11.6 Å². The number of nitrogens with one attached hydrogen (secondary N) is 4. The Balaban J connectivity index is 1.94. The van der Waals surface area contributed by atoms with E-state index in [9.17, 15) is 27.6 Å². The summed E-state index contributed by atoms with van der Waals surface area (Å²) in [4.78, 5) is 35.0. The molecule has 2 rings (SSSR count). The predicted molar refractivity (Wildman–Crippen MR) is 112 cm³/mol. The summed E-state index contributed by atoms with van der Waals surface area (Å²) in [5, 5.41) is 10.0. The van der Waals surface area contributed by atoms with Crippen molar-refractivity contribution < 1.29 is 27.6 Å². The molecule has 11 heteroatoms. The molecule has 2 aromatic carbocycles. The number of carbonyl (C=O) groups is 3. The molecule has 0 aliphatic heterocycles. The number of halogens is 4. The maximum Gasteiger partial charge on any atom is 0.418 e. The molecule has 0 fully saturated rings. The van der Waals surface area contributed by atoms with Crippen molar-refractivity contribution in [3.8, 4) is 0 Å². The minimum Gasteiger partial charge on any atom is -0.376 e. The van der Waals surface area contributed by atoms with Crippen LogP contribution in [0, 0.1) is 6.92 Å². The molecule has 0 saturated heterocycles. The molecule has 0 spiro atoms. The molecule has 2 aromatic rings. The van der Waals surface area contributed by atoms with Gasteiger partial charge in [-0.15, -0.1) is 0 Å². The van der Waals surface area contributed by atoms with E-state index in [4.69, 9.17) is 11.6 Å². The topological polar surface area (TPSA) is 99.3 Å². The number of amides is 3. The third kappa shape index (κ3) is 7.18. The van der Waals surface area contributed by atoms with Crippen molar-refractivity contribution in [3.05, 3.63) is 52.5 Å². The van der Waals surface area contributed by atoms with Crippen molar-refractivity contribution in [1.82, 2.24) is 5.32 Å². The first kappa shape index (κ1) is 24.0. The van der Waals surface area contributed by atoms with Gasteiger partial charge in [0.2, 0.25) is 17.7 Å². The van der Waals surface area contributed by atoms with Crippen LogP contribution in [-0.4, -0.2) is 30.8 Å². The van der Waals surface area contributed by atoms with E-state index in [1.54, 1.807) is 25.1 Å². The summed E-state index contributed by atoms with van der Waals surface area (Å²) in [5.74, 6) is -1.72. The lowest BCUT2D eigenvalue weighted by Crippen LogP contribution is -2.36. The van der Waals surface area contributed by atoms with Crippen LogP contribution in [-0.2, 0) is 20.6 Å². The second kappa shape index (κ2) is 10.2. The third-order valence-corrected chi connectivity index (χ3v) is 4.48. The minimum absolute atomic E-state index is 0.0252. The van der Waals surface area contributed by atoms with Crippen LogP contribution in [0.2, 0.25) is 5.02 Å². The van der Waals surface area contributed by atoms with Crippen molar-refractivity contribution in [2.45, 2.75) is 20.0 Å². The molecule has 0 aromatic heterocycles. The highest BCUT2D eigenvalue weighted by Crippen LogP contribution is 2.36. The molecule has 0 saturated carbocycles. The van der Waals surface area contributed by atoms with E-state index >= 15 is 0 Å². The standard InChI is InChI=1S/C20H20ClF3N4O3/c1-11-15(21)4-3-5-16(11)28-19(31)10-26-18(30)9-25-17-7-6-13(27-12(2)29)8-14(17)20(22,23)24/h3-8,25H,9-10H2,1-2H3,(H,26,30)(H,27,29)(H,28,31). The van der Waals surface area contributed by atoms with E-state index in [0.29, 0.717) is 16.3 Å². The first-order valence-electron chi connectivity index (χ1n) is 9.01. The number of hydrogen-bond donors (Lipinski definition) is 4. The van der Waals surface area contributed by atoms with Gasteiger partial charge in [0.25, 0.3) is 0 Å². The van der Waals surface area contributed by atoms with Gasteiger partial charge in [-0.05, 0) is 42.8 Å². The molecule has 0 aliphatic rings. The highest BCUT2D eigenvalue weighted by Gasteiger charge is 2.34. The summed E-state index contributed by atoms with van der Waals surface area (Å²) < 4.78 is 39.9. The van der Waals surface area contributed by atoms with Gasteiger partial charge in [-0.3, -0.25) is 14.4 Å². The van der Waals surface area contributed by atoms with Gasteiger partial charge in [0.15, 0.2) is 0 Å². The zero-order valence-corrected chi connectivity index (χ0v) is 17.4. The molecular weight excluding hydrogens is 437 g/mol. The highest BCUT2D eigenvalue weighted by atomic mass is 35.5. The molecule has 0 bridgehead atoms. The van der Waals surface area contributed by atoms with Gasteiger partial charge < -0.3 is 21.3 Å². The largest absolute Gasteiger partial charge is 0.418 e. The van der Waals surface area contributed by atoms with Crippen molar-refractivity contribution in [2.24, 2.45) is 0 Å². The van der Waals surface area contributed by atoms with Gasteiger partial charge in [0.1, 0.15) is 0 Å². The molecular formula is C20H20ClF3N4O3. The van der Waals surface area contributed by atoms with Crippen molar-refractivity contribution in [2.75, 3.05) is 29.0 Å². The van der Waals surface area contributed by atoms with Crippen LogP contribution in [0.4, 0.5) is 30.2 Å². The Labute approximate surface area is 181 Å². The lowest BCUT2D eigenvalue weighted by atomic mass is 10.1. The fraction of sp³-hybridized carbons (Fsp3) is 0.250. The van der Waals surface area contributed by atoms with Crippen molar-refractivity contribution in [1.29, 1.82) is 0 Å². The number of benzene rings is 2. The smallest absolute Gasteiger partial charge is 0.376 e. The molecule has 0 heterocycles. The Morgan fingerprint density at radius 3 is 2.32 bits per heavy atom. The van der Waals surface area contributed by atoms with Crippen LogP contribution < -0.4 is 21.3 Å². The van der Waals surface area contributed by atoms with Crippen LogP contribution in [0.25, 0.3) is 0 Å². The molecule has 0 aliphatic carbocycles. The summed E-state index contributed by atoms with van der Waals surface area (Å²) in [5.41, 5.74) is -0.258. The number of rotatable bonds is 7. The van der Waals surface area contributed by atoms with Gasteiger partial charge in [0.05, 0.1) is 18.7 Å². The Hall–Kier alpha value is -3.27. The van der Waals surface area contributed by atoms with Gasteiger partial charge in [-0.25, -0.2) is 0 Å². The van der Waals surface area contributed by atoms with E-state index in [1.807, 2.05) is 0 Å². The van der Waals surface area contributed by atoms with Gasteiger partial charge in [0, 0.05) is 29.0 Å². The average molecular weight is 457 g/mol. The molecule has 3 amide bonds. The zero-order chi connectivity index (χ0) is 23.2. The van der Waals surface area contributed by atoms with E-state index < -0.39 is 36.0 Å². The maximum atomic E-state index is 13.3. The lowest BCUT2D eigenvalue weighted by Gasteiger charge is -2.16. The van der Waals surface area contributed by atoms with Crippen LogP contribution in [0.15, 0.2) is 36.4 Å². The van der Waals surface area contributed by atoms with Gasteiger partial charge >= 0.3 is 6.18 Å². The van der Waals surface area contributed by atoms with Crippen LogP contribution in [0.1, 0.15) is 18.1 Å².